The van der Waals surface area contributed by atoms with Crippen molar-refractivity contribution in [3.63, 3.8) is 0 Å². The maximum absolute atomic E-state index is 12.1. The summed E-state index contributed by atoms with van der Waals surface area (Å²) in [5, 5.41) is 12.9. The molecule has 0 aromatic heterocycles. The largest absolute Gasteiger partial charge is 0.504 e. The molecule has 0 bridgehead atoms. The fraction of sp³-hybridized carbons (Fsp3) is 0.0714. The first kappa shape index (κ1) is 14.7. The third-order valence-corrected chi connectivity index (χ3v) is 3.54. The van der Waals surface area contributed by atoms with Crippen molar-refractivity contribution in [1.82, 2.24) is 0 Å². The number of amides is 1. The summed E-state index contributed by atoms with van der Waals surface area (Å²) in [6.07, 6.45) is 0. The molecule has 0 unspecified atom stereocenters. The van der Waals surface area contributed by atoms with Crippen LogP contribution < -0.4 is 10.1 Å². The van der Waals surface area contributed by atoms with E-state index in [1.54, 1.807) is 24.3 Å². The van der Waals surface area contributed by atoms with Gasteiger partial charge >= 0.3 is 0 Å². The Kier molecular flexibility index (Phi) is 4.52. The number of benzene rings is 2. The summed E-state index contributed by atoms with van der Waals surface area (Å²) in [6, 6.07) is 9.51. The van der Waals surface area contributed by atoms with E-state index in [9.17, 15) is 9.90 Å². The monoisotopic (exact) mass is 355 g/mol. The van der Waals surface area contributed by atoms with Gasteiger partial charge in [-0.15, -0.1) is 0 Å². The van der Waals surface area contributed by atoms with E-state index in [0.29, 0.717) is 26.5 Å². The third-order valence-electron chi connectivity index (χ3n) is 2.62. The lowest BCUT2D eigenvalue weighted by molar-refractivity contribution is 0.102. The molecule has 0 saturated carbocycles. The Balaban J connectivity index is 2.24. The number of phenols is 1. The average molecular weight is 357 g/mol. The van der Waals surface area contributed by atoms with Crippen LogP contribution in [0, 0.1) is 0 Å². The van der Waals surface area contributed by atoms with Crippen LogP contribution in [0.15, 0.2) is 40.9 Å². The van der Waals surface area contributed by atoms with Gasteiger partial charge in [0.05, 0.1) is 12.8 Å². The minimum absolute atomic E-state index is 0.0923. The third kappa shape index (κ3) is 3.23. The average Bonchev–Trinajstić information content (AvgIpc) is 2.42. The van der Waals surface area contributed by atoms with E-state index in [4.69, 9.17) is 16.3 Å². The lowest BCUT2D eigenvalue weighted by Crippen LogP contribution is -2.12. The van der Waals surface area contributed by atoms with Crippen molar-refractivity contribution in [2.75, 3.05) is 12.4 Å². The SMILES string of the molecule is COc1ccc(C(=O)Nc2cc(Cl)ccc2Br)cc1O. The van der Waals surface area contributed by atoms with Gasteiger partial charge in [-0.1, -0.05) is 11.6 Å². The molecule has 104 valence electrons. The van der Waals surface area contributed by atoms with E-state index >= 15 is 0 Å². The van der Waals surface area contributed by atoms with Crippen LogP contribution in [0.4, 0.5) is 5.69 Å². The number of ether oxygens (including phenoxy) is 1. The lowest BCUT2D eigenvalue weighted by Gasteiger charge is -2.09. The Morgan fingerprint density at radius 3 is 2.70 bits per heavy atom. The number of nitrogens with one attached hydrogen (secondary N) is 1. The number of rotatable bonds is 3. The van der Waals surface area contributed by atoms with Gasteiger partial charge in [0.1, 0.15) is 0 Å². The highest BCUT2D eigenvalue weighted by Crippen LogP contribution is 2.29. The second kappa shape index (κ2) is 6.15. The number of anilines is 1. The molecule has 6 heteroatoms. The summed E-state index contributed by atoms with van der Waals surface area (Å²) in [7, 11) is 1.44. The smallest absolute Gasteiger partial charge is 0.255 e. The van der Waals surface area contributed by atoms with Gasteiger partial charge in [-0.05, 0) is 52.3 Å². The van der Waals surface area contributed by atoms with Crippen molar-refractivity contribution in [3.8, 4) is 11.5 Å². The Bertz CT molecular complexity index is 661. The summed E-state index contributed by atoms with van der Waals surface area (Å²) in [4.78, 5) is 12.1. The maximum atomic E-state index is 12.1. The number of aromatic hydroxyl groups is 1. The summed E-state index contributed by atoms with van der Waals surface area (Å²) >= 11 is 9.21. The van der Waals surface area contributed by atoms with E-state index in [0.717, 1.165) is 0 Å². The van der Waals surface area contributed by atoms with Crippen LogP contribution in [-0.4, -0.2) is 18.1 Å². The zero-order valence-electron chi connectivity index (χ0n) is 10.5. The molecule has 2 aromatic carbocycles. The number of carbonyl (C=O) groups excluding carboxylic acids is 1. The quantitative estimate of drug-likeness (QED) is 0.871. The lowest BCUT2D eigenvalue weighted by atomic mass is 10.2. The molecule has 0 aliphatic rings. The van der Waals surface area contributed by atoms with Crippen LogP contribution >= 0.6 is 27.5 Å². The van der Waals surface area contributed by atoms with Crippen LogP contribution in [0.5, 0.6) is 11.5 Å². The van der Waals surface area contributed by atoms with Gasteiger partial charge in [0.25, 0.3) is 5.91 Å². The van der Waals surface area contributed by atoms with Gasteiger partial charge in [-0.25, -0.2) is 0 Å². The second-order valence-electron chi connectivity index (χ2n) is 3.96. The zero-order valence-corrected chi connectivity index (χ0v) is 12.8. The van der Waals surface area contributed by atoms with Gasteiger partial charge in [0.2, 0.25) is 0 Å². The summed E-state index contributed by atoms with van der Waals surface area (Å²) in [5.41, 5.74) is 0.869. The zero-order chi connectivity index (χ0) is 14.7. The summed E-state index contributed by atoms with van der Waals surface area (Å²) in [5.74, 6) is -0.137. The molecule has 0 fully saturated rings. The number of carbonyl (C=O) groups is 1. The predicted octanol–water partition coefficient (Wildman–Crippen LogP) is 4.07. The molecule has 0 heterocycles. The number of methoxy groups -OCH3 is 1. The van der Waals surface area contributed by atoms with Crippen LogP contribution in [-0.2, 0) is 0 Å². The van der Waals surface area contributed by atoms with Gasteiger partial charge in [-0.3, -0.25) is 4.79 Å². The molecule has 0 radical (unpaired) electrons. The highest BCUT2D eigenvalue weighted by molar-refractivity contribution is 9.10. The minimum atomic E-state index is -0.356. The van der Waals surface area contributed by atoms with Crippen molar-refractivity contribution in [2.24, 2.45) is 0 Å². The van der Waals surface area contributed by atoms with Gasteiger partial charge < -0.3 is 15.2 Å². The molecule has 1 amide bonds. The number of hydrogen-bond acceptors (Lipinski definition) is 3. The summed E-state index contributed by atoms with van der Waals surface area (Å²) in [6.45, 7) is 0. The number of phenolic OH excluding ortho intramolecular Hbond substituents is 1. The molecule has 2 rings (SSSR count). The molecule has 0 atom stereocenters. The predicted molar refractivity (Wildman–Crippen MR) is 81.8 cm³/mol. The van der Waals surface area contributed by atoms with Crippen LogP contribution in [0.1, 0.15) is 10.4 Å². The highest BCUT2D eigenvalue weighted by Gasteiger charge is 2.11. The van der Waals surface area contributed by atoms with Gasteiger partial charge in [0, 0.05) is 15.1 Å². The van der Waals surface area contributed by atoms with Gasteiger partial charge in [-0.2, -0.15) is 0 Å². The van der Waals surface area contributed by atoms with Crippen molar-refractivity contribution in [1.29, 1.82) is 0 Å². The van der Waals surface area contributed by atoms with Crippen molar-refractivity contribution >= 4 is 39.1 Å². The standard InChI is InChI=1S/C14H11BrClNO3/c1-20-13-5-2-8(6-12(13)18)14(19)17-11-7-9(16)3-4-10(11)15/h2-7,18H,1H3,(H,17,19). The van der Waals surface area contributed by atoms with Crippen LogP contribution in [0.3, 0.4) is 0 Å². The molecule has 20 heavy (non-hydrogen) atoms. The van der Waals surface area contributed by atoms with E-state index in [-0.39, 0.29) is 11.7 Å². The molecule has 0 saturated heterocycles. The van der Waals surface area contributed by atoms with Crippen molar-refractivity contribution < 1.29 is 14.6 Å². The molecule has 2 N–H and O–H groups in total. The summed E-state index contributed by atoms with van der Waals surface area (Å²) < 4.78 is 5.64. The minimum Gasteiger partial charge on any atom is -0.504 e. The molecule has 4 nitrogen and oxygen atoms in total. The van der Waals surface area contributed by atoms with Crippen LogP contribution in [0.25, 0.3) is 0 Å². The van der Waals surface area contributed by atoms with Crippen molar-refractivity contribution in [2.45, 2.75) is 0 Å². The van der Waals surface area contributed by atoms with Gasteiger partial charge in [0.15, 0.2) is 11.5 Å². The number of hydrogen-bond donors (Lipinski definition) is 2. The molecular formula is C14H11BrClNO3. The Hall–Kier alpha value is -1.72. The van der Waals surface area contributed by atoms with E-state index in [1.807, 2.05) is 0 Å². The first-order valence-corrected chi connectivity index (χ1v) is 6.82. The maximum Gasteiger partial charge on any atom is 0.255 e. The van der Waals surface area contributed by atoms with E-state index in [1.165, 1.54) is 19.2 Å². The molecule has 0 aliphatic carbocycles. The molecular weight excluding hydrogens is 346 g/mol. The molecule has 2 aromatic rings. The van der Waals surface area contributed by atoms with E-state index in [2.05, 4.69) is 21.2 Å². The first-order chi connectivity index (χ1) is 9.51. The highest BCUT2D eigenvalue weighted by atomic mass is 79.9. The molecule has 0 aliphatic heterocycles. The second-order valence-corrected chi connectivity index (χ2v) is 5.26. The fourth-order valence-corrected chi connectivity index (χ4v) is 2.14. The Morgan fingerprint density at radius 2 is 2.05 bits per heavy atom. The Morgan fingerprint density at radius 1 is 1.30 bits per heavy atom. The topological polar surface area (TPSA) is 58.6 Å². The van der Waals surface area contributed by atoms with Crippen molar-refractivity contribution in [3.05, 3.63) is 51.5 Å². The number of halogens is 2. The first-order valence-electron chi connectivity index (χ1n) is 5.64. The van der Waals surface area contributed by atoms with E-state index < -0.39 is 0 Å². The van der Waals surface area contributed by atoms with Crippen LogP contribution in [0.2, 0.25) is 5.02 Å². The fourth-order valence-electron chi connectivity index (χ4n) is 1.62. The molecule has 0 spiro atoms. The normalized spacial score (nSPS) is 10.2. The Labute approximate surface area is 129 Å².